The largest absolute Gasteiger partial charge is 0.469 e. The van der Waals surface area contributed by atoms with Gasteiger partial charge in [-0.1, -0.05) is 98.9 Å². The quantitative estimate of drug-likeness (QED) is 0.174. The molecule has 0 radical (unpaired) electrons. The average molecular weight is 938 g/mol. The molecule has 66 heavy (non-hydrogen) atoms. The Morgan fingerprint density at radius 1 is 0.667 bits per heavy atom. The zero-order valence-electron chi connectivity index (χ0n) is 38.5. The van der Waals surface area contributed by atoms with Crippen molar-refractivity contribution < 1.29 is 84.3 Å². The maximum absolute atomic E-state index is 13.1. The van der Waals surface area contributed by atoms with Gasteiger partial charge in [0.1, 0.15) is 18.1 Å². The average Bonchev–Trinajstić information content (AvgIpc) is 3.24. The summed E-state index contributed by atoms with van der Waals surface area (Å²) < 4.78 is 28.4. The predicted molar refractivity (Wildman–Crippen MR) is 241 cm³/mol. The number of fused-ring (bicyclic) bond motifs is 2. The molecule has 0 aliphatic carbocycles. The molecule has 0 saturated carbocycles. The molecule has 12 N–H and O–H groups in total. The number of hydrogen-bond acceptors (Lipinski definition) is 18. The fourth-order valence-electron chi connectivity index (χ4n) is 8.09. The molecule has 2 saturated heterocycles. The molecule has 2 bridgehead atoms. The summed E-state index contributed by atoms with van der Waals surface area (Å²) in [5.41, 5.74) is 6.05. The van der Waals surface area contributed by atoms with Crippen LogP contribution in [0.2, 0.25) is 0 Å². The highest BCUT2D eigenvalue weighted by Crippen LogP contribution is 2.38. The first-order chi connectivity index (χ1) is 31.2. The Hall–Kier alpha value is -3.44. The first kappa shape index (κ1) is 56.9. The number of allylic oxidation sites excluding steroid dienone is 12. The van der Waals surface area contributed by atoms with Crippen LogP contribution in [0.25, 0.3) is 0 Å². The third-order valence-electron chi connectivity index (χ3n) is 12.2. The fourth-order valence-corrected chi connectivity index (χ4v) is 8.09. The Labute approximate surface area is 387 Å². The highest BCUT2D eigenvalue weighted by atomic mass is 16.7. The normalized spacial score (nSPS) is 44.9. The lowest BCUT2D eigenvalue weighted by Crippen LogP contribution is -2.61. The van der Waals surface area contributed by atoms with Crippen molar-refractivity contribution in [1.82, 2.24) is 0 Å². The van der Waals surface area contributed by atoms with Crippen LogP contribution in [0, 0.1) is 17.8 Å². The summed E-state index contributed by atoms with van der Waals surface area (Å²) in [4.78, 5) is 25.7. The summed E-state index contributed by atoms with van der Waals surface area (Å²) in [7, 11) is 1.12. The van der Waals surface area contributed by atoms with Crippen LogP contribution in [0.4, 0.5) is 0 Å². The number of aliphatic hydroxyl groups excluding tert-OH is 9. The molecular weight excluding hydrogens is 863 g/mol. The molecule has 18 heteroatoms. The number of carbonyl (C=O) groups excluding carboxylic acids is 2. The van der Waals surface area contributed by atoms with Crippen LogP contribution in [-0.2, 0) is 33.3 Å². The fraction of sp³-hybridized carbons (Fsp3) is 0.667. The monoisotopic (exact) mass is 938 g/mol. The number of nitrogens with two attached hydrogens (primary N) is 1. The Morgan fingerprint density at radius 2 is 1.24 bits per heavy atom. The molecule has 374 valence electrons. The summed E-state index contributed by atoms with van der Waals surface area (Å²) in [6.45, 7) is 6.78. The van der Waals surface area contributed by atoms with E-state index in [1.807, 2.05) is 37.3 Å². The lowest BCUT2D eigenvalue weighted by atomic mass is 9.82. The van der Waals surface area contributed by atoms with Crippen molar-refractivity contribution in [3.63, 3.8) is 0 Å². The van der Waals surface area contributed by atoms with E-state index in [4.69, 9.17) is 29.4 Å². The van der Waals surface area contributed by atoms with Gasteiger partial charge in [-0.15, -0.1) is 0 Å². The van der Waals surface area contributed by atoms with E-state index in [9.17, 15) is 60.7 Å². The van der Waals surface area contributed by atoms with Crippen LogP contribution in [0.1, 0.15) is 79.1 Å². The molecule has 0 aromatic rings. The number of aliphatic hydroxyl groups is 10. The van der Waals surface area contributed by atoms with Crippen molar-refractivity contribution in [2.24, 2.45) is 23.5 Å². The minimum atomic E-state index is -2.27. The van der Waals surface area contributed by atoms with Crippen LogP contribution >= 0.6 is 0 Å². The SMILES string of the molecule is COC(=O)[C@H]1[C@@H]2C[C@@H](O[C@@H]3O[C@H](C)[C@@H](O)[C@H](N)[C@@H]3O)/C=C/C=C\C=C/C=C\C=C/C=C\C=C/[C@H](C)[C@@H](O)[C@@H](C)[C@H](C)OC(=O)C[C@H](O)C[C@H](O)CC[C@@H](O)[C@H](O)C[C@H](O)C[C@](O)(C[C@@H]1O)O2. The van der Waals surface area contributed by atoms with E-state index < -0.39 is 147 Å². The molecular formula is C48H75NO17. The van der Waals surface area contributed by atoms with Crippen molar-refractivity contribution in [2.45, 2.75) is 177 Å². The minimum Gasteiger partial charge on any atom is -0.469 e. The van der Waals surface area contributed by atoms with Gasteiger partial charge in [-0.3, -0.25) is 9.59 Å². The van der Waals surface area contributed by atoms with Crippen molar-refractivity contribution in [3.05, 3.63) is 85.1 Å². The van der Waals surface area contributed by atoms with Gasteiger partial charge in [0.25, 0.3) is 0 Å². The molecule has 0 amide bonds. The molecule has 0 unspecified atom stereocenters. The van der Waals surface area contributed by atoms with E-state index in [0.29, 0.717) is 0 Å². The Kier molecular flexibility index (Phi) is 24.3. The van der Waals surface area contributed by atoms with E-state index in [1.54, 1.807) is 75.5 Å². The molecule has 3 rings (SSSR count). The van der Waals surface area contributed by atoms with Crippen LogP contribution in [0.5, 0.6) is 0 Å². The summed E-state index contributed by atoms with van der Waals surface area (Å²) in [6, 6.07) is -1.13. The van der Waals surface area contributed by atoms with Crippen LogP contribution in [0.15, 0.2) is 85.1 Å². The zero-order chi connectivity index (χ0) is 49.1. The second kappa shape index (κ2) is 28.1. The number of esters is 2. The smallest absolute Gasteiger partial charge is 0.313 e. The van der Waals surface area contributed by atoms with Gasteiger partial charge in [0.05, 0.1) is 86.7 Å². The third-order valence-corrected chi connectivity index (χ3v) is 12.2. The molecule has 0 spiro atoms. The van der Waals surface area contributed by atoms with Gasteiger partial charge >= 0.3 is 11.9 Å². The molecule has 19 atom stereocenters. The van der Waals surface area contributed by atoms with Gasteiger partial charge < -0.3 is 80.5 Å². The summed E-state index contributed by atoms with van der Waals surface area (Å²) in [6.07, 6.45) is 4.50. The maximum Gasteiger partial charge on any atom is 0.313 e. The molecule has 3 aliphatic heterocycles. The topological polar surface area (TPSA) is 309 Å². The van der Waals surface area contributed by atoms with Crippen molar-refractivity contribution >= 4 is 11.9 Å². The summed E-state index contributed by atoms with van der Waals surface area (Å²) in [5, 5.41) is 109. The van der Waals surface area contributed by atoms with E-state index in [2.05, 4.69) is 0 Å². The van der Waals surface area contributed by atoms with E-state index in [-0.39, 0.29) is 31.6 Å². The van der Waals surface area contributed by atoms with E-state index in [0.717, 1.165) is 7.11 Å². The maximum atomic E-state index is 13.1. The molecule has 18 nitrogen and oxygen atoms in total. The number of rotatable bonds is 3. The lowest BCUT2D eigenvalue weighted by molar-refractivity contribution is -0.308. The molecule has 3 aliphatic rings. The predicted octanol–water partition coefficient (Wildman–Crippen LogP) is 0.800. The van der Waals surface area contributed by atoms with Crippen molar-refractivity contribution in [3.8, 4) is 0 Å². The van der Waals surface area contributed by atoms with Crippen LogP contribution < -0.4 is 5.73 Å². The van der Waals surface area contributed by atoms with E-state index in [1.165, 1.54) is 0 Å². The first-order valence-corrected chi connectivity index (χ1v) is 22.7. The third kappa shape index (κ3) is 18.6. The van der Waals surface area contributed by atoms with E-state index >= 15 is 0 Å². The second-order valence-corrected chi connectivity index (χ2v) is 17.8. The zero-order valence-corrected chi connectivity index (χ0v) is 38.5. The van der Waals surface area contributed by atoms with Gasteiger partial charge in [0.2, 0.25) is 0 Å². The molecule has 0 aromatic heterocycles. The molecule has 0 aromatic carbocycles. The van der Waals surface area contributed by atoms with Gasteiger partial charge in [0, 0.05) is 37.5 Å². The van der Waals surface area contributed by atoms with Gasteiger partial charge in [-0.2, -0.15) is 0 Å². The minimum absolute atomic E-state index is 0.0949. The number of methoxy groups -OCH3 is 1. The Balaban J connectivity index is 1.88. The summed E-state index contributed by atoms with van der Waals surface area (Å²) in [5.74, 6) is -5.93. The van der Waals surface area contributed by atoms with Crippen molar-refractivity contribution in [1.29, 1.82) is 0 Å². The number of cyclic esters (lactones) is 1. The number of ether oxygens (including phenoxy) is 5. The van der Waals surface area contributed by atoms with Crippen LogP contribution in [-0.4, -0.2) is 168 Å². The standard InChI is InChI=1S/C48H75NO17/c1-28-18-16-14-12-10-8-6-7-9-11-13-15-17-19-35(65-47-45(59)42(49)44(58)31(4)64-47)25-39-41(46(60)62-5)38(55)27-48(61,66-39)26-34(52)23-37(54)36(53)21-20-32(50)22-33(51)24-40(56)63-30(3)29(2)43(28)57/h6-19,28-39,41-45,47,50-55,57-59,61H,20-27,49H2,1-5H3/b7-6-,10-8-,11-9-,14-12-,15-13-,18-16-,19-17+/t28-,29-,30-,31+,32+,33+,34-,35-,36+,37+,38-,39-,41+,42-,43+,44+,45-,47-,48+/m0/s1. The molecule has 3 heterocycles. The first-order valence-electron chi connectivity index (χ1n) is 22.7. The van der Waals surface area contributed by atoms with Gasteiger partial charge in [0.15, 0.2) is 12.1 Å². The highest BCUT2D eigenvalue weighted by Gasteiger charge is 2.51. The second-order valence-electron chi connectivity index (χ2n) is 17.8. The van der Waals surface area contributed by atoms with Gasteiger partial charge in [-0.05, 0) is 33.1 Å². The van der Waals surface area contributed by atoms with Crippen LogP contribution in [0.3, 0.4) is 0 Å². The Bertz CT molecular complexity index is 1680. The number of carbonyl (C=O) groups is 2. The van der Waals surface area contributed by atoms with Gasteiger partial charge in [-0.25, -0.2) is 0 Å². The van der Waals surface area contributed by atoms with Crippen molar-refractivity contribution in [2.75, 3.05) is 7.11 Å². The highest BCUT2D eigenvalue weighted by molar-refractivity contribution is 5.74. The molecule has 2 fully saturated rings. The Morgan fingerprint density at radius 3 is 1.83 bits per heavy atom. The summed E-state index contributed by atoms with van der Waals surface area (Å²) >= 11 is 0. The lowest BCUT2D eigenvalue weighted by Gasteiger charge is -2.45. The number of hydrogen-bond donors (Lipinski definition) is 11.